The van der Waals surface area contributed by atoms with Crippen molar-refractivity contribution in [3.63, 3.8) is 0 Å². The van der Waals surface area contributed by atoms with Crippen molar-refractivity contribution in [2.45, 2.75) is 50.0 Å². The van der Waals surface area contributed by atoms with Gasteiger partial charge in [0.25, 0.3) is 0 Å². The van der Waals surface area contributed by atoms with Crippen molar-refractivity contribution >= 4 is 23.8 Å². The third-order valence-electron chi connectivity index (χ3n) is 5.66. The van der Waals surface area contributed by atoms with E-state index in [0.717, 1.165) is 38.2 Å². The minimum Gasteiger partial charge on any atom is -0.481 e. The second-order valence-electron chi connectivity index (χ2n) is 9.07. The van der Waals surface area contributed by atoms with Gasteiger partial charge in [-0.25, -0.2) is 19.4 Å². The van der Waals surface area contributed by atoms with Crippen molar-refractivity contribution in [1.29, 1.82) is 0 Å². The molecule has 1 amide bonds. The molecular formula is C23H29F9N4O8. The zero-order valence-electron chi connectivity index (χ0n) is 23.2. The lowest BCUT2D eigenvalue weighted by Gasteiger charge is -2.26. The molecule has 2 saturated heterocycles. The maximum Gasteiger partial charge on any atom is 0.490 e. The van der Waals surface area contributed by atoms with E-state index < -0.39 is 36.4 Å². The van der Waals surface area contributed by atoms with E-state index in [9.17, 15) is 44.3 Å². The maximum atomic E-state index is 12.4. The Morgan fingerprint density at radius 1 is 0.932 bits per heavy atom. The van der Waals surface area contributed by atoms with E-state index in [2.05, 4.69) is 25.8 Å². The Bertz CT molecular complexity index is 1060. The van der Waals surface area contributed by atoms with Crippen LogP contribution in [0.25, 0.3) is 0 Å². The summed E-state index contributed by atoms with van der Waals surface area (Å²) in [7, 11) is 5.75. The van der Waals surface area contributed by atoms with Crippen LogP contribution in [0.15, 0.2) is 18.3 Å². The highest BCUT2D eigenvalue weighted by Crippen LogP contribution is 2.34. The highest BCUT2D eigenvalue weighted by Gasteiger charge is 2.46. The fraction of sp³-hybridized carbons (Fsp3) is 0.609. The summed E-state index contributed by atoms with van der Waals surface area (Å²) in [6, 6.07) is 4.69. The van der Waals surface area contributed by atoms with E-state index in [1.54, 1.807) is 13.3 Å². The number of fused-ring (bicyclic) bond motifs is 1. The number of likely N-dealkylation sites (tertiary alicyclic amines) is 2. The van der Waals surface area contributed by atoms with Gasteiger partial charge in [-0.3, -0.25) is 9.69 Å². The maximum absolute atomic E-state index is 12.4. The number of nitrogens with zero attached hydrogens (tertiary/aromatic N) is 4. The number of carboxylic acid groups (broad SMARTS) is 3. The van der Waals surface area contributed by atoms with E-state index in [4.69, 9.17) is 34.4 Å². The molecule has 1 aromatic heterocycles. The van der Waals surface area contributed by atoms with Crippen molar-refractivity contribution in [3.05, 3.63) is 23.9 Å². The number of carboxylic acids is 3. The molecule has 3 N–H and O–H groups in total. The first-order valence-corrected chi connectivity index (χ1v) is 12.0. The predicted molar refractivity (Wildman–Crippen MR) is 129 cm³/mol. The Morgan fingerprint density at radius 2 is 1.39 bits per heavy atom. The standard InChI is InChI=1S/C17H26N4O2.3C2HF3O2/c1-19(2)9-10-21-14-6-8-20(15(14)11-16(21)22)12-13-5-4-7-18-17(13)23-3;3*3-2(4,5)1(6)7/h4-5,7,14-15H,6,8-12H2,1-3H3;3*(H,6,7)/t14-,15+;;;/m1.../s1. The molecule has 3 heterocycles. The van der Waals surface area contributed by atoms with Gasteiger partial charge in [-0.2, -0.15) is 39.5 Å². The number of alkyl halides is 9. The van der Waals surface area contributed by atoms with Crippen LogP contribution >= 0.6 is 0 Å². The molecule has 3 rings (SSSR count). The first-order valence-electron chi connectivity index (χ1n) is 12.0. The second kappa shape index (κ2) is 16.8. The summed E-state index contributed by atoms with van der Waals surface area (Å²) in [4.78, 5) is 50.0. The summed E-state index contributed by atoms with van der Waals surface area (Å²) < 4.78 is 101. The second-order valence-corrected chi connectivity index (χ2v) is 9.07. The molecule has 0 saturated carbocycles. The molecule has 0 radical (unpaired) electrons. The van der Waals surface area contributed by atoms with E-state index in [1.807, 2.05) is 20.2 Å². The number of carbonyl (C=O) groups is 4. The molecule has 44 heavy (non-hydrogen) atoms. The zero-order valence-corrected chi connectivity index (χ0v) is 23.2. The Labute approximate surface area is 243 Å². The Morgan fingerprint density at radius 3 is 1.77 bits per heavy atom. The molecule has 21 heteroatoms. The van der Waals surface area contributed by atoms with Crippen LogP contribution in [0.1, 0.15) is 18.4 Å². The van der Waals surface area contributed by atoms with E-state index in [0.29, 0.717) is 30.3 Å². The van der Waals surface area contributed by atoms with E-state index >= 15 is 0 Å². The number of hydrogen-bond acceptors (Lipinski definition) is 8. The van der Waals surface area contributed by atoms with E-state index in [-0.39, 0.29) is 0 Å². The molecule has 0 unspecified atom stereocenters. The minimum atomic E-state index is -5.08. The van der Waals surface area contributed by atoms with Crippen molar-refractivity contribution in [1.82, 2.24) is 19.7 Å². The summed E-state index contributed by atoms with van der Waals surface area (Å²) in [6.45, 7) is 3.58. The van der Waals surface area contributed by atoms with Gasteiger partial charge < -0.3 is 29.9 Å². The molecule has 2 atom stereocenters. The number of ether oxygens (including phenoxy) is 1. The highest BCUT2D eigenvalue weighted by molar-refractivity contribution is 5.80. The lowest BCUT2D eigenvalue weighted by molar-refractivity contribution is -0.193. The quantitative estimate of drug-likeness (QED) is 0.385. The number of amides is 1. The molecule has 1 aromatic rings. The molecule has 0 spiro atoms. The summed E-state index contributed by atoms with van der Waals surface area (Å²) in [5, 5.41) is 21.4. The number of rotatable bonds is 6. The smallest absolute Gasteiger partial charge is 0.481 e. The molecule has 252 valence electrons. The number of pyridine rings is 1. The van der Waals surface area contributed by atoms with Gasteiger partial charge in [0.05, 0.1) is 7.11 Å². The van der Waals surface area contributed by atoms with Crippen LogP contribution in [0.4, 0.5) is 39.5 Å². The third-order valence-corrected chi connectivity index (χ3v) is 5.66. The molecule has 0 aliphatic carbocycles. The number of carbonyl (C=O) groups excluding carboxylic acids is 1. The van der Waals surface area contributed by atoms with Gasteiger partial charge in [0.2, 0.25) is 11.8 Å². The number of halogens is 9. The average Bonchev–Trinajstić information content (AvgIpc) is 3.40. The molecule has 0 aromatic carbocycles. The number of hydrogen-bond donors (Lipinski definition) is 3. The van der Waals surface area contributed by atoms with Crippen LogP contribution < -0.4 is 4.74 Å². The van der Waals surface area contributed by atoms with Crippen molar-refractivity contribution in [2.24, 2.45) is 0 Å². The van der Waals surface area contributed by atoms with Gasteiger partial charge >= 0.3 is 36.4 Å². The van der Waals surface area contributed by atoms with Gasteiger partial charge in [-0.05, 0) is 26.6 Å². The Balaban J connectivity index is 0.000000721. The SMILES string of the molecule is COc1ncccc1CN1CC[C@@H]2[C@@H]1CC(=O)N2CCN(C)C.O=C(O)C(F)(F)F.O=C(O)C(F)(F)F.O=C(O)C(F)(F)F. The number of aliphatic carboxylic acids is 3. The molecule has 2 fully saturated rings. The van der Waals surface area contributed by atoms with Crippen LogP contribution in [-0.4, -0.2) is 130 Å². The fourth-order valence-electron chi connectivity index (χ4n) is 3.75. The molecule has 2 aliphatic rings. The fourth-order valence-corrected chi connectivity index (χ4v) is 3.75. The molecular weight excluding hydrogens is 631 g/mol. The number of methoxy groups -OCH3 is 1. The number of aromatic nitrogens is 1. The summed E-state index contributed by atoms with van der Waals surface area (Å²) in [5.74, 6) is -7.29. The summed E-state index contributed by atoms with van der Waals surface area (Å²) >= 11 is 0. The lowest BCUT2D eigenvalue weighted by Crippen LogP contribution is -2.40. The first kappa shape index (κ1) is 40.1. The van der Waals surface area contributed by atoms with Gasteiger partial charge in [0.1, 0.15) is 0 Å². The summed E-state index contributed by atoms with van der Waals surface area (Å²) in [6.07, 6.45) is -11.8. The minimum absolute atomic E-state index is 0.296. The van der Waals surface area contributed by atoms with Crippen molar-refractivity contribution < 1.29 is 78.7 Å². The van der Waals surface area contributed by atoms with Crippen LogP contribution in [-0.2, 0) is 25.7 Å². The third kappa shape index (κ3) is 14.1. The Hall–Kier alpha value is -3.88. The van der Waals surface area contributed by atoms with Crippen LogP contribution in [0.3, 0.4) is 0 Å². The molecule has 2 aliphatic heterocycles. The van der Waals surface area contributed by atoms with Gasteiger partial charge in [-0.1, -0.05) is 6.07 Å². The molecule has 12 nitrogen and oxygen atoms in total. The van der Waals surface area contributed by atoms with Crippen molar-refractivity contribution in [3.8, 4) is 5.88 Å². The lowest BCUT2D eigenvalue weighted by atomic mass is 10.1. The monoisotopic (exact) mass is 660 g/mol. The van der Waals surface area contributed by atoms with Gasteiger partial charge in [-0.15, -0.1) is 0 Å². The van der Waals surface area contributed by atoms with Gasteiger partial charge in [0.15, 0.2) is 0 Å². The highest BCUT2D eigenvalue weighted by atomic mass is 19.4. The normalized spacial score (nSPS) is 18.2. The number of likely N-dealkylation sites (N-methyl/N-ethyl adjacent to an activating group) is 1. The van der Waals surface area contributed by atoms with Crippen molar-refractivity contribution in [2.75, 3.05) is 40.8 Å². The average molecular weight is 660 g/mol. The largest absolute Gasteiger partial charge is 0.490 e. The van der Waals surface area contributed by atoms with Crippen LogP contribution in [0, 0.1) is 0 Å². The Kier molecular flexibility index (Phi) is 15.3. The first-order chi connectivity index (χ1) is 19.9. The zero-order chi connectivity index (χ0) is 34.6. The van der Waals surface area contributed by atoms with Crippen LogP contribution in [0.2, 0.25) is 0 Å². The van der Waals surface area contributed by atoms with E-state index in [1.165, 1.54) is 0 Å². The van der Waals surface area contributed by atoms with Crippen LogP contribution in [0.5, 0.6) is 5.88 Å². The van der Waals surface area contributed by atoms with Gasteiger partial charge in [0, 0.05) is 56.4 Å². The molecule has 0 bridgehead atoms. The summed E-state index contributed by atoms with van der Waals surface area (Å²) in [5.41, 5.74) is 1.09. The predicted octanol–water partition coefficient (Wildman–Crippen LogP) is 2.73. The topological polar surface area (TPSA) is 161 Å².